The maximum atomic E-state index is 14.4. The van der Waals surface area contributed by atoms with E-state index in [4.69, 9.17) is 1.37 Å². The largest absolute Gasteiger partial charge is 0.408 e. The minimum absolute atomic E-state index is 0.637. The third-order valence-electron chi connectivity index (χ3n) is 4.09. The second kappa shape index (κ2) is 8.07. The molecule has 1 unspecified atom stereocenters. The zero-order chi connectivity index (χ0) is 24.0. The van der Waals surface area contributed by atoms with Crippen molar-refractivity contribution in [3.8, 4) is 0 Å². The monoisotopic (exact) mass is 454 g/mol. The number of hydrogen-bond acceptors (Lipinski definition) is 6. The number of halogens is 9. The van der Waals surface area contributed by atoms with Crippen LogP contribution in [-0.2, 0) is 0 Å². The SMILES string of the molecule is [2H][C@@]1(O)C(F)=C(c2nc(NC(C)C(F)(F)F)nc(N[C@H](C)C(F)(F)F)n2)CCC1(F)F. The molecule has 6 nitrogen and oxygen atoms in total. The highest BCUT2D eigenvalue weighted by Gasteiger charge is 2.46. The Balaban J connectivity index is 2.56. The second-order valence-electron chi connectivity index (χ2n) is 6.47. The Hall–Kier alpha value is -2.32. The minimum Gasteiger partial charge on any atom is -0.380 e. The van der Waals surface area contributed by atoms with Crippen molar-refractivity contribution in [2.45, 2.75) is 63.1 Å². The van der Waals surface area contributed by atoms with Gasteiger partial charge in [0, 0.05) is 12.0 Å². The number of nitrogens with zero attached hydrogens (tertiary/aromatic N) is 3. The molecule has 3 N–H and O–H groups in total. The second-order valence-corrected chi connectivity index (χ2v) is 6.47. The Kier molecular flexibility index (Phi) is 6.02. The maximum absolute atomic E-state index is 14.4. The smallest absolute Gasteiger partial charge is 0.380 e. The molecule has 1 aliphatic rings. The Morgan fingerprint density at radius 2 is 1.43 bits per heavy atom. The van der Waals surface area contributed by atoms with Crippen LogP contribution >= 0.6 is 0 Å². The number of aromatic nitrogens is 3. The van der Waals surface area contributed by atoms with Crippen molar-refractivity contribution >= 4 is 17.5 Å². The van der Waals surface area contributed by atoms with E-state index in [-0.39, 0.29) is 0 Å². The average Bonchev–Trinajstić information content (AvgIpc) is 2.58. The van der Waals surface area contributed by atoms with E-state index < -0.39 is 78.4 Å². The summed E-state index contributed by atoms with van der Waals surface area (Å²) in [4.78, 5) is 10.3. The Labute approximate surface area is 165 Å². The van der Waals surface area contributed by atoms with Gasteiger partial charge in [0.15, 0.2) is 11.9 Å². The van der Waals surface area contributed by atoms with Gasteiger partial charge in [0.2, 0.25) is 11.9 Å². The predicted molar refractivity (Wildman–Crippen MR) is 86.3 cm³/mol. The van der Waals surface area contributed by atoms with Gasteiger partial charge in [-0.3, -0.25) is 0 Å². The fraction of sp³-hybridized carbons (Fsp3) is 0.667. The fourth-order valence-electron chi connectivity index (χ4n) is 2.21. The summed E-state index contributed by atoms with van der Waals surface area (Å²) in [5.74, 6) is -9.07. The van der Waals surface area contributed by atoms with Crippen molar-refractivity contribution < 1.29 is 46.0 Å². The quantitative estimate of drug-likeness (QED) is 0.582. The summed E-state index contributed by atoms with van der Waals surface area (Å²) in [5, 5.41) is 13.0. The first kappa shape index (κ1) is 22.4. The Morgan fingerprint density at radius 3 is 1.83 bits per heavy atom. The molecule has 2 rings (SSSR count). The summed E-state index contributed by atoms with van der Waals surface area (Å²) in [5.41, 5.74) is -0.878. The van der Waals surface area contributed by atoms with Crippen LogP contribution in [0.25, 0.3) is 5.57 Å². The Morgan fingerprint density at radius 1 is 1.00 bits per heavy atom. The summed E-state index contributed by atoms with van der Waals surface area (Å²) in [6.07, 6.45) is -15.8. The van der Waals surface area contributed by atoms with Crippen molar-refractivity contribution in [3.63, 3.8) is 0 Å². The molecule has 1 aliphatic carbocycles. The molecule has 0 aromatic carbocycles. The molecular weight excluding hydrogens is 437 g/mol. The van der Waals surface area contributed by atoms with Crippen LogP contribution in [0.1, 0.15) is 33.9 Å². The van der Waals surface area contributed by atoms with Gasteiger partial charge in [0.25, 0.3) is 5.92 Å². The molecule has 1 heterocycles. The van der Waals surface area contributed by atoms with Crippen LogP contribution in [0.5, 0.6) is 0 Å². The number of nitrogens with one attached hydrogen (secondary N) is 2. The van der Waals surface area contributed by atoms with Gasteiger partial charge in [0.1, 0.15) is 17.9 Å². The van der Waals surface area contributed by atoms with Gasteiger partial charge < -0.3 is 15.7 Å². The number of rotatable bonds is 5. The summed E-state index contributed by atoms with van der Waals surface area (Å²) in [6, 6.07) is -4.59. The summed E-state index contributed by atoms with van der Waals surface area (Å²) in [6.45, 7) is 1.27. The molecule has 0 aliphatic heterocycles. The predicted octanol–water partition coefficient (Wildman–Crippen LogP) is 4.07. The molecule has 0 fully saturated rings. The summed E-state index contributed by atoms with van der Waals surface area (Å²) in [7, 11) is 0. The van der Waals surface area contributed by atoms with Gasteiger partial charge in [-0.05, 0) is 20.3 Å². The highest BCUT2D eigenvalue weighted by atomic mass is 19.4. The van der Waals surface area contributed by atoms with Gasteiger partial charge in [-0.25, -0.2) is 13.2 Å². The topological polar surface area (TPSA) is 83.0 Å². The van der Waals surface area contributed by atoms with E-state index >= 15 is 0 Å². The van der Waals surface area contributed by atoms with Gasteiger partial charge in [-0.2, -0.15) is 41.3 Å². The van der Waals surface area contributed by atoms with Gasteiger partial charge >= 0.3 is 12.4 Å². The van der Waals surface area contributed by atoms with Crippen molar-refractivity contribution in [2.24, 2.45) is 0 Å². The zero-order valence-corrected chi connectivity index (χ0v) is 15.3. The lowest BCUT2D eigenvalue weighted by molar-refractivity contribution is -0.139. The van der Waals surface area contributed by atoms with Crippen LogP contribution < -0.4 is 10.6 Å². The van der Waals surface area contributed by atoms with E-state index in [0.29, 0.717) is 13.8 Å². The molecule has 170 valence electrons. The molecular formula is C15H16F9N5O. The third kappa shape index (κ3) is 5.43. The zero-order valence-electron chi connectivity index (χ0n) is 16.3. The van der Waals surface area contributed by atoms with Crippen molar-refractivity contribution in [2.75, 3.05) is 10.6 Å². The highest BCUT2D eigenvalue weighted by Crippen LogP contribution is 2.41. The molecule has 15 heteroatoms. The molecule has 0 spiro atoms. The van der Waals surface area contributed by atoms with E-state index in [1.54, 1.807) is 10.6 Å². The molecule has 0 saturated heterocycles. The molecule has 0 radical (unpaired) electrons. The molecule has 0 bridgehead atoms. The van der Waals surface area contributed by atoms with Crippen LogP contribution in [0.2, 0.25) is 0 Å². The normalized spacial score (nSPS) is 24.9. The van der Waals surface area contributed by atoms with Gasteiger partial charge in [-0.15, -0.1) is 0 Å². The number of hydrogen-bond donors (Lipinski definition) is 3. The van der Waals surface area contributed by atoms with Crippen LogP contribution in [0.15, 0.2) is 5.83 Å². The fourth-order valence-corrected chi connectivity index (χ4v) is 2.21. The van der Waals surface area contributed by atoms with Crippen LogP contribution in [0.3, 0.4) is 0 Å². The molecule has 30 heavy (non-hydrogen) atoms. The maximum Gasteiger partial charge on any atom is 0.408 e. The van der Waals surface area contributed by atoms with Crippen LogP contribution in [0, 0.1) is 0 Å². The standard InChI is InChI=1S/C15H16F9N5O/c1-5(14(19,20)21)25-11-27-10(7-3-4-13(17,18)9(30)8(7)16)28-12(29-11)26-6(2)15(22,23)24/h5-6,9,30H,3-4H2,1-2H3,(H2,25,26,27,28,29)/t5-,6?,9-/m1/s1/i9D. The first-order chi connectivity index (χ1) is 13.9. The lowest BCUT2D eigenvalue weighted by atomic mass is 9.92. The van der Waals surface area contributed by atoms with Crippen molar-refractivity contribution in [3.05, 3.63) is 11.7 Å². The molecule has 0 saturated carbocycles. The lowest BCUT2D eigenvalue weighted by Gasteiger charge is -2.28. The minimum atomic E-state index is -4.82. The molecule has 1 aromatic heterocycles. The number of anilines is 2. The molecule has 3 atom stereocenters. The van der Waals surface area contributed by atoms with Crippen LogP contribution in [-0.4, -0.2) is 56.5 Å². The van der Waals surface area contributed by atoms with E-state index in [2.05, 4.69) is 15.0 Å². The number of alkyl halides is 8. The molecule has 1 aromatic rings. The summed E-state index contributed by atoms with van der Waals surface area (Å²) >= 11 is 0. The third-order valence-corrected chi connectivity index (χ3v) is 4.09. The first-order valence-corrected chi connectivity index (χ1v) is 8.28. The van der Waals surface area contributed by atoms with E-state index in [1.165, 1.54) is 0 Å². The van der Waals surface area contributed by atoms with E-state index in [1.807, 2.05) is 0 Å². The van der Waals surface area contributed by atoms with E-state index in [9.17, 15) is 44.6 Å². The van der Waals surface area contributed by atoms with Crippen LogP contribution in [0.4, 0.5) is 51.4 Å². The van der Waals surface area contributed by atoms with E-state index in [0.717, 1.165) is 0 Å². The van der Waals surface area contributed by atoms with Crippen molar-refractivity contribution in [1.82, 2.24) is 15.0 Å². The van der Waals surface area contributed by atoms with Gasteiger partial charge in [0.05, 0.1) is 1.37 Å². The van der Waals surface area contributed by atoms with Gasteiger partial charge in [-0.1, -0.05) is 0 Å². The first-order valence-electron chi connectivity index (χ1n) is 8.78. The average molecular weight is 454 g/mol. The summed E-state index contributed by atoms with van der Waals surface area (Å²) < 4.78 is 126. The Bertz CT molecular complexity index is 816. The number of allylic oxidation sites excluding steroid dienone is 1. The molecule has 0 amide bonds. The number of aliphatic hydroxyl groups is 1. The lowest BCUT2D eigenvalue weighted by Crippen LogP contribution is -2.38. The highest BCUT2D eigenvalue weighted by molar-refractivity contribution is 5.66. The van der Waals surface area contributed by atoms with Crippen molar-refractivity contribution in [1.29, 1.82) is 0 Å².